The van der Waals surface area contributed by atoms with Gasteiger partial charge in [-0.25, -0.2) is 0 Å². The van der Waals surface area contributed by atoms with E-state index in [-0.39, 0.29) is 17.9 Å². The third kappa shape index (κ3) is 2.94. The number of carboxylic acids is 1. The molecule has 0 radical (unpaired) electrons. The molecule has 19 heavy (non-hydrogen) atoms. The molecular weight excluding hydrogens is 246 g/mol. The Hall–Kier alpha value is -1.85. The number of carboxylic acid groups (broad SMARTS) is 1. The van der Waals surface area contributed by atoms with E-state index in [0.29, 0.717) is 18.5 Å². The fourth-order valence-electron chi connectivity index (χ4n) is 2.42. The van der Waals surface area contributed by atoms with E-state index in [1.165, 1.54) is 0 Å². The molecule has 0 bridgehead atoms. The van der Waals surface area contributed by atoms with E-state index < -0.39 is 11.9 Å². The molecule has 1 aromatic rings. The number of hydrogen-bond donors (Lipinski definition) is 3. The van der Waals surface area contributed by atoms with Gasteiger partial charge in [-0.1, -0.05) is 20.3 Å². The first-order valence-electron chi connectivity index (χ1n) is 6.58. The van der Waals surface area contributed by atoms with Gasteiger partial charge in [0.2, 0.25) is 0 Å². The number of hydrogen-bond acceptors (Lipinski definition) is 3. The summed E-state index contributed by atoms with van der Waals surface area (Å²) in [5, 5.41) is 18.6. The Labute approximate surface area is 111 Å². The molecule has 1 saturated carbocycles. The second-order valence-corrected chi connectivity index (χ2v) is 5.32. The lowest BCUT2D eigenvalue weighted by atomic mass is 10.0. The van der Waals surface area contributed by atoms with Gasteiger partial charge in [-0.2, -0.15) is 5.10 Å². The molecule has 0 spiro atoms. The van der Waals surface area contributed by atoms with Crippen LogP contribution in [-0.2, 0) is 4.79 Å². The summed E-state index contributed by atoms with van der Waals surface area (Å²) < 4.78 is 0. The van der Waals surface area contributed by atoms with Crippen LogP contribution in [-0.4, -0.2) is 33.2 Å². The molecule has 3 N–H and O–H groups in total. The van der Waals surface area contributed by atoms with E-state index in [2.05, 4.69) is 15.5 Å². The molecule has 1 amide bonds. The maximum Gasteiger partial charge on any atom is 0.308 e. The Kier molecular flexibility index (Phi) is 3.87. The first-order chi connectivity index (χ1) is 8.99. The van der Waals surface area contributed by atoms with Gasteiger partial charge in [0.15, 0.2) is 0 Å². The molecule has 6 heteroatoms. The molecule has 1 fully saturated rings. The van der Waals surface area contributed by atoms with Crippen LogP contribution in [0.15, 0.2) is 6.07 Å². The summed E-state index contributed by atoms with van der Waals surface area (Å²) in [7, 11) is 0. The van der Waals surface area contributed by atoms with Crippen LogP contribution >= 0.6 is 0 Å². The summed E-state index contributed by atoms with van der Waals surface area (Å²) in [5.41, 5.74) is 1.21. The largest absolute Gasteiger partial charge is 0.481 e. The third-order valence-electron chi connectivity index (χ3n) is 3.60. The van der Waals surface area contributed by atoms with Gasteiger partial charge in [0.05, 0.1) is 5.92 Å². The number of aliphatic carboxylic acids is 1. The zero-order chi connectivity index (χ0) is 14.0. The van der Waals surface area contributed by atoms with Crippen molar-refractivity contribution in [2.75, 3.05) is 0 Å². The summed E-state index contributed by atoms with van der Waals surface area (Å²) in [6, 6.07) is 1.43. The van der Waals surface area contributed by atoms with Crippen LogP contribution in [0.3, 0.4) is 0 Å². The average molecular weight is 265 g/mol. The Morgan fingerprint density at radius 3 is 2.79 bits per heavy atom. The molecule has 0 aliphatic heterocycles. The van der Waals surface area contributed by atoms with Crippen LogP contribution in [0.4, 0.5) is 0 Å². The Balaban J connectivity index is 2.02. The number of amides is 1. The number of rotatable bonds is 4. The number of aromatic amines is 1. The van der Waals surface area contributed by atoms with E-state index in [0.717, 1.165) is 12.1 Å². The standard InChI is InChI=1S/C13H19N3O3/c1-7(2)10-6-11(16-15-10)12(17)14-9-5-3-4-8(9)13(18)19/h6-9H,3-5H2,1-2H3,(H,14,17)(H,15,16)(H,18,19)/t8-,9+/m0/s1. The number of nitrogens with one attached hydrogen (secondary N) is 2. The lowest BCUT2D eigenvalue weighted by Crippen LogP contribution is -2.40. The van der Waals surface area contributed by atoms with Crippen molar-refractivity contribution in [3.8, 4) is 0 Å². The number of nitrogens with zero attached hydrogens (tertiary/aromatic N) is 1. The lowest BCUT2D eigenvalue weighted by Gasteiger charge is -2.16. The van der Waals surface area contributed by atoms with Gasteiger partial charge in [0.25, 0.3) is 5.91 Å². The summed E-state index contributed by atoms with van der Waals surface area (Å²) in [4.78, 5) is 23.1. The molecule has 0 aromatic carbocycles. The topological polar surface area (TPSA) is 95.1 Å². The minimum atomic E-state index is -0.840. The van der Waals surface area contributed by atoms with Crippen LogP contribution in [0.5, 0.6) is 0 Å². The molecule has 0 unspecified atom stereocenters. The van der Waals surface area contributed by atoms with E-state index >= 15 is 0 Å². The molecule has 6 nitrogen and oxygen atoms in total. The molecule has 1 aromatic heterocycles. The van der Waals surface area contributed by atoms with Crippen molar-refractivity contribution in [1.82, 2.24) is 15.5 Å². The van der Waals surface area contributed by atoms with Crippen molar-refractivity contribution in [3.05, 3.63) is 17.5 Å². The van der Waals surface area contributed by atoms with Crippen LogP contribution in [0.25, 0.3) is 0 Å². The summed E-state index contributed by atoms with van der Waals surface area (Å²) in [6.07, 6.45) is 2.17. The Morgan fingerprint density at radius 1 is 1.47 bits per heavy atom. The molecule has 1 aliphatic rings. The van der Waals surface area contributed by atoms with E-state index in [4.69, 9.17) is 5.11 Å². The van der Waals surface area contributed by atoms with Gasteiger partial charge >= 0.3 is 5.97 Å². The molecule has 1 aliphatic carbocycles. The highest BCUT2D eigenvalue weighted by atomic mass is 16.4. The maximum atomic E-state index is 12.0. The highest BCUT2D eigenvalue weighted by molar-refractivity contribution is 5.93. The normalized spacial score (nSPS) is 22.7. The molecule has 104 valence electrons. The van der Waals surface area contributed by atoms with E-state index in [9.17, 15) is 9.59 Å². The average Bonchev–Trinajstić information content (AvgIpc) is 2.96. The quantitative estimate of drug-likeness (QED) is 0.769. The number of aromatic nitrogens is 2. The first-order valence-corrected chi connectivity index (χ1v) is 6.58. The zero-order valence-electron chi connectivity index (χ0n) is 11.1. The molecule has 1 heterocycles. The van der Waals surface area contributed by atoms with Crippen molar-refractivity contribution < 1.29 is 14.7 Å². The highest BCUT2D eigenvalue weighted by Crippen LogP contribution is 2.26. The fraction of sp³-hybridized carbons (Fsp3) is 0.615. The monoisotopic (exact) mass is 265 g/mol. The van der Waals surface area contributed by atoms with E-state index in [1.54, 1.807) is 6.07 Å². The second-order valence-electron chi connectivity index (χ2n) is 5.32. The van der Waals surface area contributed by atoms with Gasteiger partial charge in [-0.05, 0) is 24.8 Å². The lowest BCUT2D eigenvalue weighted by molar-refractivity contribution is -0.142. The van der Waals surface area contributed by atoms with Gasteiger partial charge in [-0.3, -0.25) is 14.7 Å². The third-order valence-corrected chi connectivity index (χ3v) is 3.60. The SMILES string of the molecule is CC(C)c1cc(C(=O)N[C@@H]2CCC[C@@H]2C(=O)O)n[nH]1. The second kappa shape index (κ2) is 5.42. The van der Waals surface area contributed by atoms with Crippen LogP contribution in [0, 0.1) is 5.92 Å². The predicted octanol–water partition coefficient (Wildman–Crippen LogP) is 1.52. The van der Waals surface area contributed by atoms with Crippen LogP contribution in [0.2, 0.25) is 0 Å². The Bertz CT molecular complexity index is 481. The number of carbonyl (C=O) groups excluding carboxylic acids is 1. The summed E-state index contributed by atoms with van der Waals surface area (Å²) in [6.45, 7) is 4.01. The minimum Gasteiger partial charge on any atom is -0.481 e. The fourth-order valence-corrected chi connectivity index (χ4v) is 2.42. The Morgan fingerprint density at radius 2 is 2.21 bits per heavy atom. The maximum absolute atomic E-state index is 12.0. The van der Waals surface area contributed by atoms with Gasteiger partial charge in [-0.15, -0.1) is 0 Å². The first kappa shape index (κ1) is 13.6. The van der Waals surface area contributed by atoms with Crippen molar-refractivity contribution in [2.45, 2.75) is 45.1 Å². The van der Waals surface area contributed by atoms with Gasteiger partial charge in [0.1, 0.15) is 5.69 Å². The summed E-state index contributed by atoms with van der Waals surface area (Å²) in [5.74, 6) is -1.35. The highest BCUT2D eigenvalue weighted by Gasteiger charge is 2.34. The van der Waals surface area contributed by atoms with Crippen LogP contribution < -0.4 is 5.32 Å². The molecule has 2 atom stereocenters. The van der Waals surface area contributed by atoms with Gasteiger partial charge in [0, 0.05) is 11.7 Å². The zero-order valence-corrected chi connectivity index (χ0v) is 11.1. The predicted molar refractivity (Wildman–Crippen MR) is 68.9 cm³/mol. The van der Waals surface area contributed by atoms with Gasteiger partial charge < -0.3 is 10.4 Å². The number of H-pyrrole nitrogens is 1. The molecule has 0 saturated heterocycles. The van der Waals surface area contributed by atoms with Crippen LogP contribution in [0.1, 0.15) is 55.2 Å². The van der Waals surface area contributed by atoms with Crippen molar-refractivity contribution in [1.29, 1.82) is 0 Å². The summed E-state index contributed by atoms with van der Waals surface area (Å²) >= 11 is 0. The van der Waals surface area contributed by atoms with Crippen molar-refractivity contribution in [2.24, 2.45) is 5.92 Å². The molecular formula is C13H19N3O3. The van der Waals surface area contributed by atoms with Crippen molar-refractivity contribution in [3.63, 3.8) is 0 Å². The number of carbonyl (C=O) groups is 2. The minimum absolute atomic E-state index is 0.271. The van der Waals surface area contributed by atoms with Crippen molar-refractivity contribution >= 4 is 11.9 Å². The smallest absolute Gasteiger partial charge is 0.308 e. The van der Waals surface area contributed by atoms with E-state index in [1.807, 2.05) is 13.8 Å². The molecule has 2 rings (SSSR count).